The van der Waals surface area contributed by atoms with Crippen molar-refractivity contribution in [1.29, 1.82) is 0 Å². The van der Waals surface area contributed by atoms with Crippen molar-refractivity contribution in [1.82, 2.24) is 19.5 Å². The number of methoxy groups -OCH3 is 1. The first kappa shape index (κ1) is 22.9. The zero-order valence-electron chi connectivity index (χ0n) is 19.2. The van der Waals surface area contributed by atoms with Crippen LogP contribution in [0.15, 0.2) is 60.0 Å². The van der Waals surface area contributed by atoms with Crippen LogP contribution in [0.25, 0.3) is 39.1 Å². The van der Waals surface area contributed by atoms with E-state index in [1.807, 2.05) is 43.3 Å². The lowest BCUT2D eigenvalue weighted by Gasteiger charge is -2.14. The Balaban J connectivity index is 1.86. The van der Waals surface area contributed by atoms with Crippen molar-refractivity contribution in [3.05, 3.63) is 71.3 Å². The highest BCUT2D eigenvalue weighted by Crippen LogP contribution is 2.33. The summed E-state index contributed by atoms with van der Waals surface area (Å²) in [4.78, 5) is 36.9. The number of nitrogens with zero attached hydrogens (tertiary/aromatic N) is 3. The number of H-pyrrole nitrogens is 1. The Morgan fingerprint density at radius 1 is 1.21 bits per heavy atom. The average molecular weight is 460 g/mol. The normalized spacial score (nSPS) is 10.9. The highest BCUT2D eigenvalue weighted by Gasteiger charge is 2.16. The van der Waals surface area contributed by atoms with Gasteiger partial charge < -0.3 is 14.5 Å². The molecule has 2 N–H and O–H groups in total. The summed E-state index contributed by atoms with van der Waals surface area (Å²) in [5.74, 6) is 0.255. The average Bonchev–Trinajstić information content (AvgIpc) is 3.21. The minimum absolute atomic E-state index is 0.203. The fourth-order valence-corrected chi connectivity index (χ4v) is 3.83. The number of carbonyl (C=O) groups is 1. The third-order valence-electron chi connectivity index (χ3n) is 5.20. The predicted octanol–water partition coefficient (Wildman–Crippen LogP) is 4.45. The Bertz CT molecular complexity index is 1420. The Morgan fingerprint density at radius 3 is 2.68 bits per heavy atom. The molecule has 0 saturated carbocycles. The summed E-state index contributed by atoms with van der Waals surface area (Å²) in [5, 5.41) is 2.60. The van der Waals surface area contributed by atoms with Crippen molar-refractivity contribution < 1.29 is 14.3 Å². The first-order chi connectivity index (χ1) is 16.4. The number of nitrogens with one attached hydrogen (secondary N) is 2. The molecule has 1 amide bonds. The highest BCUT2D eigenvalue weighted by atomic mass is 16.5. The summed E-state index contributed by atoms with van der Waals surface area (Å²) < 4.78 is 11.6. The van der Waals surface area contributed by atoms with Crippen LogP contribution in [0.2, 0.25) is 0 Å². The van der Waals surface area contributed by atoms with Gasteiger partial charge in [-0.2, -0.15) is 0 Å². The van der Waals surface area contributed by atoms with Crippen molar-refractivity contribution in [2.75, 3.05) is 25.6 Å². The molecule has 0 fully saturated rings. The number of aromatic amines is 1. The van der Waals surface area contributed by atoms with E-state index in [9.17, 15) is 9.59 Å². The minimum Gasteiger partial charge on any atom is -0.450 e. The van der Waals surface area contributed by atoms with Gasteiger partial charge in [0.1, 0.15) is 0 Å². The van der Waals surface area contributed by atoms with E-state index in [-0.39, 0.29) is 24.7 Å². The van der Waals surface area contributed by atoms with Gasteiger partial charge in [0.15, 0.2) is 0 Å². The Hall–Kier alpha value is -4.24. The SMILES string of the molecule is C=C(COC)n1c(C)cc(-c2cc(-c3ccccn3)c3nc(NC(=O)OCC)[nH]c3c2)cc1=O. The topological polar surface area (TPSA) is 111 Å². The molecule has 9 nitrogen and oxygen atoms in total. The summed E-state index contributed by atoms with van der Waals surface area (Å²) in [7, 11) is 1.56. The van der Waals surface area contributed by atoms with E-state index in [4.69, 9.17) is 9.47 Å². The maximum atomic E-state index is 12.9. The van der Waals surface area contributed by atoms with Gasteiger partial charge in [-0.05, 0) is 55.3 Å². The second-order valence-corrected chi connectivity index (χ2v) is 7.62. The standard InChI is InChI=1S/C25H25N5O4/c1-5-34-25(32)29-24-27-21-12-18(11-19(23(21)28-24)20-8-6-7-9-26-20)17-10-15(2)30(22(31)13-17)16(3)14-33-4/h6-13H,3,5,14H2,1-2,4H3,(H2,27,28,29,32). The summed E-state index contributed by atoms with van der Waals surface area (Å²) >= 11 is 0. The summed E-state index contributed by atoms with van der Waals surface area (Å²) in [5.41, 5.74) is 5.40. The van der Waals surface area contributed by atoms with Crippen LogP contribution in [0, 0.1) is 6.92 Å². The van der Waals surface area contributed by atoms with Crippen LogP contribution < -0.4 is 10.9 Å². The van der Waals surface area contributed by atoms with Crippen LogP contribution in [-0.2, 0) is 9.47 Å². The van der Waals surface area contributed by atoms with Crippen molar-refractivity contribution in [2.24, 2.45) is 0 Å². The van der Waals surface area contributed by atoms with E-state index >= 15 is 0 Å². The van der Waals surface area contributed by atoms with E-state index in [1.54, 1.807) is 26.3 Å². The monoisotopic (exact) mass is 459 g/mol. The smallest absolute Gasteiger partial charge is 0.413 e. The molecule has 3 heterocycles. The number of amides is 1. The number of pyridine rings is 2. The van der Waals surface area contributed by atoms with Gasteiger partial charge in [-0.15, -0.1) is 0 Å². The van der Waals surface area contributed by atoms with Gasteiger partial charge in [-0.25, -0.2) is 9.78 Å². The van der Waals surface area contributed by atoms with Gasteiger partial charge in [0.05, 0.1) is 29.9 Å². The summed E-state index contributed by atoms with van der Waals surface area (Å²) in [6, 6.07) is 12.9. The molecule has 9 heteroatoms. The number of hydrogen-bond donors (Lipinski definition) is 2. The molecule has 0 atom stereocenters. The number of ether oxygens (including phenoxy) is 2. The van der Waals surface area contributed by atoms with Crippen LogP contribution in [-0.4, -0.2) is 45.9 Å². The lowest BCUT2D eigenvalue weighted by molar-refractivity contribution is 0.167. The van der Waals surface area contributed by atoms with E-state index in [1.165, 1.54) is 4.57 Å². The fourth-order valence-electron chi connectivity index (χ4n) is 3.83. The van der Waals surface area contributed by atoms with E-state index in [0.717, 1.165) is 22.4 Å². The van der Waals surface area contributed by atoms with Crippen molar-refractivity contribution in [3.8, 4) is 22.4 Å². The molecule has 0 aliphatic rings. The quantitative estimate of drug-likeness (QED) is 0.422. The van der Waals surface area contributed by atoms with Gasteiger partial charge in [0.25, 0.3) is 5.56 Å². The molecule has 4 aromatic rings. The third-order valence-corrected chi connectivity index (χ3v) is 5.20. The Labute approximate surface area is 196 Å². The molecule has 0 radical (unpaired) electrons. The molecule has 0 bridgehead atoms. The maximum Gasteiger partial charge on any atom is 0.413 e. The summed E-state index contributed by atoms with van der Waals surface area (Å²) in [6.07, 6.45) is 1.10. The second kappa shape index (κ2) is 9.72. The van der Waals surface area contributed by atoms with Crippen molar-refractivity contribution in [2.45, 2.75) is 13.8 Å². The van der Waals surface area contributed by atoms with Crippen molar-refractivity contribution >= 4 is 28.8 Å². The number of imidazole rings is 1. The van der Waals surface area contributed by atoms with Gasteiger partial charge >= 0.3 is 6.09 Å². The fraction of sp³-hybridized carbons (Fsp3) is 0.200. The molecule has 0 saturated heterocycles. The zero-order valence-corrected chi connectivity index (χ0v) is 19.2. The highest BCUT2D eigenvalue weighted by molar-refractivity contribution is 5.97. The van der Waals surface area contributed by atoms with Gasteiger partial charge in [0, 0.05) is 36.3 Å². The number of fused-ring (bicyclic) bond motifs is 1. The molecule has 174 valence electrons. The van der Waals surface area contributed by atoms with Crippen molar-refractivity contribution in [3.63, 3.8) is 0 Å². The largest absolute Gasteiger partial charge is 0.450 e. The molecule has 1 aromatic carbocycles. The van der Waals surface area contributed by atoms with Gasteiger partial charge in [0.2, 0.25) is 5.95 Å². The Morgan fingerprint density at radius 2 is 2.00 bits per heavy atom. The zero-order chi connectivity index (χ0) is 24.2. The second-order valence-electron chi connectivity index (χ2n) is 7.62. The number of aromatic nitrogens is 4. The number of hydrogen-bond acceptors (Lipinski definition) is 6. The van der Waals surface area contributed by atoms with Crippen LogP contribution in [0.5, 0.6) is 0 Å². The minimum atomic E-state index is -0.600. The first-order valence-corrected chi connectivity index (χ1v) is 10.7. The van der Waals surface area contributed by atoms with Gasteiger partial charge in [-0.3, -0.25) is 19.7 Å². The van der Waals surface area contributed by atoms with Crippen LogP contribution in [0.1, 0.15) is 12.6 Å². The molecule has 0 spiro atoms. The third kappa shape index (κ3) is 4.60. The molecule has 4 rings (SSSR count). The number of benzene rings is 1. The molecule has 0 unspecified atom stereocenters. The first-order valence-electron chi connectivity index (χ1n) is 10.7. The summed E-state index contributed by atoms with van der Waals surface area (Å²) in [6.45, 7) is 8.02. The molecule has 3 aromatic heterocycles. The number of carbonyl (C=O) groups excluding carboxylic acids is 1. The lowest BCUT2D eigenvalue weighted by Crippen LogP contribution is -2.22. The van der Waals surface area contributed by atoms with E-state index < -0.39 is 6.09 Å². The van der Waals surface area contributed by atoms with E-state index in [0.29, 0.717) is 22.4 Å². The maximum absolute atomic E-state index is 12.9. The molecular formula is C25H25N5O4. The van der Waals surface area contributed by atoms with Crippen LogP contribution in [0.4, 0.5) is 10.7 Å². The number of rotatable bonds is 7. The van der Waals surface area contributed by atoms with Crippen LogP contribution >= 0.6 is 0 Å². The number of aryl methyl sites for hydroxylation is 1. The molecular weight excluding hydrogens is 434 g/mol. The van der Waals surface area contributed by atoms with Gasteiger partial charge in [-0.1, -0.05) is 12.6 Å². The van der Waals surface area contributed by atoms with E-state index in [2.05, 4.69) is 26.8 Å². The molecule has 34 heavy (non-hydrogen) atoms. The number of anilines is 1. The lowest BCUT2D eigenvalue weighted by atomic mass is 9.99. The predicted molar refractivity (Wildman–Crippen MR) is 132 cm³/mol. The Kier molecular flexibility index (Phi) is 6.55. The van der Waals surface area contributed by atoms with Crippen LogP contribution in [0.3, 0.4) is 0 Å². The molecule has 0 aliphatic carbocycles. The molecule has 0 aliphatic heterocycles.